The van der Waals surface area contributed by atoms with E-state index in [2.05, 4.69) is 80.1 Å². The Morgan fingerprint density at radius 2 is 1.83 bits per heavy atom. The first kappa shape index (κ1) is 22.0. The monoisotopic (exact) mass is 442 g/mol. The summed E-state index contributed by atoms with van der Waals surface area (Å²) in [4.78, 5) is 7.08. The van der Waals surface area contributed by atoms with Crippen LogP contribution in [0.4, 0.5) is 0 Å². The minimum absolute atomic E-state index is 0.226. The van der Waals surface area contributed by atoms with Crippen molar-refractivity contribution in [3.8, 4) is 0 Å². The van der Waals surface area contributed by atoms with Gasteiger partial charge in [-0.2, -0.15) is 0 Å². The Morgan fingerprint density at radius 3 is 2.50 bits per heavy atom. The first-order valence-corrected chi connectivity index (χ1v) is 14.5. The van der Waals surface area contributed by atoms with Gasteiger partial charge in [0.2, 0.25) is 0 Å². The number of fused-ring (bicyclic) bond motifs is 2. The van der Waals surface area contributed by atoms with E-state index in [1.54, 1.807) is 6.20 Å². The molecule has 0 radical (unpaired) electrons. The second-order valence-corrected chi connectivity index (χ2v) is 15.8. The molecule has 2 bridgehead atoms. The Kier molecular flexibility index (Phi) is 6.15. The Hall–Kier alpha value is -1.20. The maximum Gasteiger partial charge on any atom is 0.192 e. The smallest absolute Gasteiger partial charge is 0.192 e. The van der Waals surface area contributed by atoms with Gasteiger partial charge in [-0.15, -0.1) is 0 Å². The van der Waals surface area contributed by atoms with Crippen LogP contribution in [0.25, 0.3) is 0 Å². The van der Waals surface area contributed by atoms with Crippen molar-refractivity contribution in [3.05, 3.63) is 64.9 Å². The van der Waals surface area contributed by atoms with E-state index in [-0.39, 0.29) is 5.04 Å². The molecule has 30 heavy (non-hydrogen) atoms. The minimum atomic E-state index is -1.82. The molecule has 0 N–H and O–H groups in total. The molecule has 4 unspecified atom stereocenters. The lowest BCUT2D eigenvalue weighted by molar-refractivity contribution is 0.0741. The molecule has 3 heterocycles. The van der Waals surface area contributed by atoms with Crippen LogP contribution in [0.1, 0.15) is 57.1 Å². The second-order valence-electron chi connectivity index (χ2n) is 10.6. The van der Waals surface area contributed by atoms with E-state index in [0.717, 1.165) is 30.8 Å². The Labute approximate surface area is 187 Å². The summed E-state index contributed by atoms with van der Waals surface area (Å²) >= 11 is 6.26. The molecule has 1 aromatic heterocycles. The van der Waals surface area contributed by atoms with Gasteiger partial charge < -0.3 is 4.43 Å². The predicted molar refractivity (Wildman–Crippen MR) is 127 cm³/mol. The Balaban J connectivity index is 1.59. The lowest BCUT2D eigenvalue weighted by Gasteiger charge is -2.43. The zero-order valence-electron chi connectivity index (χ0n) is 18.9. The maximum absolute atomic E-state index is 7.01. The average Bonchev–Trinajstić information content (AvgIpc) is 2.85. The molecule has 2 fully saturated rings. The van der Waals surface area contributed by atoms with E-state index in [9.17, 15) is 0 Å². The van der Waals surface area contributed by atoms with Gasteiger partial charge in [0.1, 0.15) is 0 Å². The Morgan fingerprint density at radius 1 is 1.10 bits per heavy atom. The third-order valence-corrected chi connectivity index (χ3v) is 12.3. The van der Waals surface area contributed by atoms with Crippen molar-refractivity contribution >= 4 is 19.9 Å². The fraction of sp³-hybridized carbons (Fsp3) is 0.560. The van der Waals surface area contributed by atoms with Crippen molar-refractivity contribution in [1.29, 1.82) is 0 Å². The molecule has 0 amide bonds. The Bertz CT molecular complexity index is 867. The highest BCUT2D eigenvalue weighted by Gasteiger charge is 2.50. The average molecular weight is 443 g/mol. The van der Waals surface area contributed by atoms with Gasteiger partial charge in [-0.25, -0.2) is 0 Å². The van der Waals surface area contributed by atoms with E-state index < -0.39 is 8.32 Å². The number of nitrogens with zero attached hydrogens (tertiary/aromatic N) is 2. The van der Waals surface area contributed by atoms with Crippen molar-refractivity contribution in [3.63, 3.8) is 0 Å². The minimum Gasteiger partial charge on any atom is -0.412 e. The highest BCUT2D eigenvalue weighted by molar-refractivity contribution is 6.74. The van der Waals surface area contributed by atoms with Gasteiger partial charge >= 0.3 is 0 Å². The largest absolute Gasteiger partial charge is 0.412 e. The molecule has 5 heteroatoms. The highest BCUT2D eigenvalue weighted by Crippen LogP contribution is 2.47. The summed E-state index contributed by atoms with van der Waals surface area (Å²) < 4.78 is 7.01. The molecule has 162 valence electrons. The number of hydrogen-bond acceptors (Lipinski definition) is 3. The standard InChI is InChI=1S/C25H35ClN2OSi/c1-25(2,3)30(4,5)29-24-14-22-12-19(20-11-21(26)16-27-15-20)13-23(24)28(22)17-18-9-7-6-8-10-18/h6-11,15-16,19,22-24H,12-14,17H2,1-5H3. The number of rotatable bonds is 5. The maximum atomic E-state index is 7.01. The first-order chi connectivity index (χ1) is 14.1. The summed E-state index contributed by atoms with van der Waals surface area (Å²) in [5.74, 6) is 0.506. The van der Waals surface area contributed by atoms with Gasteiger partial charge in [0.15, 0.2) is 8.32 Å². The lowest BCUT2D eigenvalue weighted by Crippen LogP contribution is -2.49. The number of aromatic nitrogens is 1. The van der Waals surface area contributed by atoms with E-state index in [1.807, 2.05) is 6.20 Å². The van der Waals surface area contributed by atoms with Crippen molar-refractivity contribution in [2.45, 2.75) is 88.8 Å². The molecule has 3 nitrogen and oxygen atoms in total. The van der Waals surface area contributed by atoms with Gasteiger partial charge in [-0.3, -0.25) is 9.88 Å². The molecule has 1 aromatic carbocycles. The van der Waals surface area contributed by atoms with Crippen LogP contribution in [0.15, 0.2) is 48.8 Å². The summed E-state index contributed by atoms with van der Waals surface area (Å²) in [6.45, 7) is 12.8. The van der Waals surface area contributed by atoms with Crippen LogP contribution in [0.2, 0.25) is 23.2 Å². The summed E-state index contributed by atoms with van der Waals surface area (Å²) in [5.41, 5.74) is 2.67. The molecule has 0 saturated carbocycles. The van der Waals surface area contributed by atoms with E-state index in [4.69, 9.17) is 16.0 Å². The number of pyridine rings is 1. The van der Waals surface area contributed by atoms with Gasteiger partial charge in [-0.1, -0.05) is 62.7 Å². The SMILES string of the molecule is CC(C)(C)[Si](C)(C)OC1CC2CC(c3cncc(Cl)c3)CC1N2Cc1ccccc1. The predicted octanol–water partition coefficient (Wildman–Crippen LogP) is 6.65. The molecule has 4 rings (SSSR count). The van der Waals surface area contributed by atoms with Crippen LogP contribution in [0, 0.1) is 0 Å². The van der Waals surface area contributed by atoms with Gasteiger partial charge in [0.25, 0.3) is 0 Å². The van der Waals surface area contributed by atoms with E-state index in [1.165, 1.54) is 11.1 Å². The quantitative estimate of drug-likeness (QED) is 0.485. The zero-order chi connectivity index (χ0) is 21.5. The molecular formula is C25H35ClN2OSi. The summed E-state index contributed by atoms with van der Waals surface area (Å²) in [6.07, 6.45) is 7.46. The molecule has 2 aliphatic heterocycles. The summed E-state index contributed by atoms with van der Waals surface area (Å²) in [7, 11) is -1.82. The number of halogens is 1. The van der Waals surface area contributed by atoms with Gasteiger partial charge in [-0.05, 0) is 60.5 Å². The summed E-state index contributed by atoms with van der Waals surface area (Å²) in [6, 6.07) is 14.0. The van der Waals surface area contributed by atoms with Crippen molar-refractivity contribution in [1.82, 2.24) is 9.88 Å². The molecule has 4 atom stereocenters. The van der Waals surface area contributed by atoms with E-state index in [0.29, 0.717) is 24.1 Å². The van der Waals surface area contributed by atoms with Crippen LogP contribution < -0.4 is 0 Å². The summed E-state index contributed by atoms with van der Waals surface area (Å²) in [5, 5.41) is 0.963. The topological polar surface area (TPSA) is 25.4 Å². The van der Waals surface area contributed by atoms with Crippen LogP contribution in [0.3, 0.4) is 0 Å². The first-order valence-electron chi connectivity index (χ1n) is 11.2. The third kappa shape index (κ3) is 4.52. The van der Waals surface area contributed by atoms with E-state index >= 15 is 0 Å². The number of piperidine rings is 1. The number of benzene rings is 1. The fourth-order valence-corrected chi connectivity index (χ4v) is 6.47. The zero-order valence-corrected chi connectivity index (χ0v) is 20.7. The van der Waals surface area contributed by atoms with Crippen molar-refractivity contribution < 1.29 is 4.43 Å². The normalized spacial score (nSPS) is 27.4. The van der Waals surface area contributed by atoms with Gasteiger partial charge in [0, 0.05) is 31.0 Å². The lowest BCUT2D eigenvalue weighted by atomic mass is 9.85. The van der Waals surface area contributed by atoms with Crippen LogP contribution in [0.5, 0.6) is 0 Å². The van der Waals surface area contributed by atoms with Crippen molar-refractivity contribution in [2.75, 3.05) is 0 Å². The molecular weight excluding hydrogens is 408 g/mol. The van der Waals surface area contributed by atoms with Crippen molar-refractivity contribution in [2.24, 2.45) is 0 Å². The molecule has 0 spiro atoms. The molecule has 2 aliphatic rings. The van der Waals surface area contributed by atoms with Crippen LogP contribution >= 0.6 is 11.6 Å². The van der Waals surface area contributed by atoms with Crippen LogP contribution in [-0.4, -0.2) is 36.4 Å². The number of hydrogen-bond donors (Lipinski definition) is 0. The third-order valence-electron chi connectivity index (χ3n) is 7.57. The van der Waals surface area contributed by atoms with Gasteiger partial charge in [0.05, 0.1) is 11.1 Å². The van der Waals surface area contributed by atoms with Crippen LogP contribution in [-0.2, 0) is 11.0 Å². The fourth-order valence-electron chi connectivity index (χ4n) is 4.93. The molecule has 2 aromatic rings. The molecule has 2 saturated heterocycles. The molecule has 0 aliphatic carbocycles. The second kappa shape index (κ2) is 8.38. The highest BCUT2D eigenvalue weighted by atomic mass is 35.5.